The molecule has 0 spiro atoms. The number of nitrogens with one attached hydrogen (secondary N) is 2. The Morgan fingerprint density at radius 3 is 2.23 bits per heavy atom. The number of hydrazone groups is 1. The van der Waals surface area contributed by atoms with Gasteiger partial charge < -0.3 is 9.47 Å². The molecule has 0 bridgehead atoms. The van der Waals surface area contributed by atoms with E-state index in [0.717, 1.165) is 5.56 Å². The maximum atomic E-state index is 12.4. The van der Waals surface area contributed by atoms with Crippen LogP contribution in [0.4, 0.5) is 0 Å². The fourth-order valence-electron chi connectivity index (χ4n) is 2.52. The fourth-order valence-corrected chi connectivity index (χ4v) is 3.51. The number of carbonyl (C=O) groups excluding carboxylic acids is 1. The van der Waals surface area contributed by atoms with Gasteiger partial charge in [0.25, 0.3) is 5.91 Å². The van der Waals surface area contributed by atoms with E-state index in [-0.39, 0.29) is 16.1 Å². The van der Waals surface area contributed by atoms with Gasteiger partial charge in [-0.15, -0.1) is 0 Å². The molecule has 2 N–H and O–H groups in total. The van der Waals surface area contributed by atoms with Crippen molar-refractivity contribution < 1.29 is 22.7 Å². The Bertz CT molecular complexity index is 1010. The SMILES string of the molecule is COc1ccc(S(=O)(=O)NCC(=O)N/N=C\c2ccc(C(C)(C)C)cc2)cc1OC. The summed E-state index contributed by atoms with van der Waals surface area (Å²) in [5, 5.41) is 3.86. The van der Waals surface area contributed by atoms with E-state index in [1.54, 1.807) is 0 Å². The molecule has 30 heavy (non-hydrogen) atoms. The summed E-state index contributed by atoms with van der Waals surface area (Å²) >= 11 is 0. The van der Waals surface area contributed by atoms with Gasteiger partial charge in [-0.3, -0.25) is 4.79 Å². The minimum absolute atomic E-state index is 0.0459. The van der Waals surface area contributed by atoms with E-state index < -0.39 is 22.5 Å². The molecule has 0 atom stereocenters. The predicted octanol–water partition coefficient (Wildman–Crippen LogP) is 2.43. The second-order valence-corrected chi connectivity index (χ2v) is 9.27. The van der Waals surface area contributed by atoms with Crippen molar-refractivity contribution in [3.63, 3.8) is 0 Å². The second kappa shape index (κ2) is 9.73. The number of sulfonamides is 1. The Morgan fingerprint density at radius 1 is 1.03 bits per heavy atom. The molecule has 162 valence electrons. The standard InChI is InChI=1S/C21H27N3O5S/c1-21(2,3)16-8-6-15(7-9-16)13-22-24-20(25)14-23-30(26,27)17-10-11-18(28-4)19(12-17)29-5/h6-13,23H,14H2,1-5H3,(H,24,25)/b22-13-. The van der Waals surface area contributed by atoms with Crippen molar-refractivity contribution in [1.82, 2.24) is 10.1 Å². The molecule has 0 unspecified atom stereocenters. The van der Waals surface area contributed by atoms with Crippen molar-refractivity contribution in [1.29, 1.82) is 0 Å². The van der Waals surface area contributed by atoms with Crippen LogP contribution in [0.15, 0.2) is 52.5 Å². The number of amides is 1. The Kier molecular flexibility index (Phi) is 7.58. The van der Waals surface area contributed by atoms with E-state index in [1.165, 1.54) is 44.2 Å². The molecule has 0 heterocycles. The Hall–Kier alpha value is -2.91. The van der Waals surface area contributed by atoms with Crippen LogP contribution >= 0.6 is 0 Å². The van der Waals surface area contributed by atoms with Gasteiger partial charge >= 0.3 is 0 Å². The lowest BCUT2D eigenvalue weighted by atomic mass is 9.87. The molecule has 2 aromatic rings. The number of rotatable bonds is 8. The number of nitrogens with zero attached hydrogens (tertiary/aromatic N) is 1. The van der Waals surface area contributed by atoms with Gasteiger partial charge in [-0.05, 0) is 28.7 Å². The molecule has 2 aromatic carbocycles. The molecular formula is C21H27N3O5S. The highest BCUT2D eigenvalue weighted by molar-refractivity contribution is 7.89. The van der Waals surface area contributed by atoms with E-state index >= 15 is 0 Å². The van der Waals surface area contributed by atoms with Gasteiger partial charge in [-0.2, -0.15) is 5.10 Å². The van der Waals surface area contributed by atoms with E-state index in [1.807, 2.05) is 24.3 Å². The van der Waals surface area contributed by atoms with Crippen LogP contribution in [0.25, 0.3) is 0 Å². The molecule has 0 saturated carbocycles. The van der Waals surface area contributed by atoms with Gasteiger partial charge in [-0.25, -0.2) is 18.6 Å². The summed E-state index contributed by atoms with van der Waals surface area (Å²) in [5.41, 5.74) is 4.35. The Labute approximate surface area is 177 Å². The zero-order chi connectivity index (χ0) is 22.4. The summed E-state index contributed by atoms with van der Waals surface area (Å²) < 4.78 is 37.2. The summed E-state index contributed by atoms with van der Waals surface area (Å²) in [5.74, 6) is 0.0765. The molecule has 8 nitrogen and oxygen atoms in total. The first kappa shape index (κ1) is 23.4. The lowest BCUT2D eigenvalue weighted by Crippen LogP contribution is -2.34. The van der Waals surface area contributed by atoms with Gasteiger partial charge in [0.05, 0.1) is 31.9 Å². The monoisotopic (exact) mass is 433 g/mol. The molecule has 0 radical (unpaired) electrons. The van der Waals surface area contributed by atoms with Crippen molar-refractivity contribution in [2.45, 2.75) is 31.1 Å². The van der Waals surface area contributed by atoms with E-state index in [9.17, 15) is 13.2 Å². The molecule has 9 heteroatoms. The fraction of sp³-hybridized carbons (Fsp3) is 0.333. The van der Waals surface area contributed by atoms with Crippen molar-refractivity contribution in [2.24, 2.45) is 5.10 Å². The van der Waals surface area contributed by atoms with Crippen molar-refractivity contribution in [3.8, 4) is 11.5 Å². The zero-order valence-corrected chi connectivity index (χ0v) is 18.5. The van der Waals surface area contributed by atoms with Crippen LogP contribution < -0.4 is 19.6 Å². The van der Waals surface area contributed by atoms with Gasteiger partial charge in [-0.1, -0.05) is 45.0 Å². The van der Waals surface area contributed by atoms with Crippen LogP contribution in [0.1, 0.15) is 31.9 Å². The topological polar surface area (TPSA) is 106 Å². The summed E-state index contributed by atoms with van der Waals surface area (Å²) in [7, 11) is -1.05. The molecule has 0 fully saturated rings. The molecule has 0 aliphatic carbocycles. The third-order valence-electron chi connectivity index (χ3n) is 4.27. The highest BCUT2D eigenvalue weighted by Gasteiger charge is 2.18. The van der Waals surface area contributed by atoms with Crippen molar-refractivity contribution in [2.75, 3.05) is 20.8 Å². The highest BCUT2D eigenvalue weighted by atomic mass is 32.2. The summed E-state index contributed by atoms with van der Waals surface area (Å²) in [6.45, 7) is 5.91. The van der Waals surface area contributed by atoms with Gasteiger partial charge in [0, 0.05) is 6.07 Å². The lowest BCUT2D eigenvalue weighted by Gasteiger charge is -2.18. The maximum Gasteiger partial charge on any atom is 0.255 e. The van der Waals surface area contributed by atoms with E-state index in [4.69, 9.17) is 9.47 Å². The van der Waals surface area contributed by atoms with Crippen molar-refractivity contribution >= 4 is 22.1 Å². The van der Waals surface area contributed by atoms with Crippen molar-refractivity contribution in [3.05, 3.63) is 53.6 Å². The van der Waals surface area contributed by atoms with Crippen LogP contribution in [0.3, 0.4) is 0 Å². The molecule has 1 amide bonds. The largest absolute Gasteiger partial charge is 0.493 e. The molecule has 2 rings (SSSR count). The molecule has 0 aliphatic rings. The minimum atomic E-state index is -3.91. The average molecular weight is 434 g/mol. The molecule has 0 aliphatic heterocycles. The molecule has 0 aromatic heterocycles. The van der Waals surface area contributed by atoms with Gasteiger partial charge in [0.2, 0.25) is 10.0 Å². The van der Waals surface area contributed by atoms with Gasteiger partial charge in [0.1, 0.15) is 0 Å². The number of hydrogen-bond acceptors (Lipinski definition) is 6. The maximum absolute atomic E-state index is 12.4. The van der Waals surface area contributed by atoms with Gasteiger partial charge in [0.15, 0.2) is 11.5 Å². The normalized spacial score (nSPS) is 12.0. The number of hydrogen-bond donors (Lipinski definition) is 2. The average Bonchev–Trinajstić information content (AvgIpc) is 2.71. The lowest BCUT2D eigenvalue weighted by molar-refractivity contribution is -0.119. The summed E-state index contributed by atoms with van der Waals surface area (Å²) in [6.07, 6.45) is 1.49. The van der Waals surface area contributed by atoms with E-state index in [2.05, 4.69) is 36.0 Å². The van der Waals surface area contributed by atoms with Crippen LogP contribution in [0.5, 0.6) is 11.5 Å². The predicted molar refractivity (Wildman–Crippen MR) is 116 cm³/mol. The third kappa shape index (κ3) is 6.30. The summed E-state index contributed by atoms with van der Waals surface area (Å²) in [4.78, 5) is 11.9. The Morgan fingerprint density at radius 2 is 1.67 bits per heavy atom. The third-order valence-corrected chi connectivity index (χ3v) is 5.67. The summed E-state index contributed by atoms with van der Waals surface area (Å²) in [6, 6.07) is 12.0. The van der Waals surface area contributed by atoms with Crippen LogP contribution in [0.2, 0.25) is 0 Å². The highest BCUT2D eigenvalue weighted by Crippen LogP contribution is 2.29. The quantitative estimate of drug-likeness (QED) is 0.491. The van der Waals surface area contributed by atoms with E-state index in [0.29, 0.717) is 5.75 Å². The number of benzene rings is 2. The second-order valence-electron chi connectivity index (χ2n) is 7.51. The molecular weight excluding hydrogens is 406 g/mol. The number of ether oxygens (including phenoxy) is 2. The molecule has 0 saturated heterocycles. The Balaban J connectivity index is 1.93. The van der Waals surface area contributed by atoms with Crippen LogP contribution in [-0.2, 0) is 20.2 Å². The minimum Gasteiger partial charge on any atom is -0.493 e. The first-order chi connectivity index (χ1) is 14.1. The number of carbonyl (C=O) groups is 1. The first-order valence-electron chi connectivity index (χ1n) is 9.21. The van der Waals surface area contributed by atoms with Crippen LogP contribution in [-0.4, -0.2) is 41.3 Å². The first-order valence-corrected chi connectivity index (χ1v) is 10.7. The number of methoxy groups -OCH3 is 2. The zero-order valence-electron chi connectivity index (χ0n) is 17.7. The van der Waals surface area contributed by atoms with Crippen LogP contribution in [0, 0.1) is 0 Å². The smallest absolute Gasteiger partial charge is 0.255 e.